The van der Waals surface area contributed by atoms with Crippen molar-refractivity contribution in [3.63, 3.8) is 0 Å². The minimum atomic E-state index is -5.00. The number of halogens is 3. The maximum Gasteiger partial charge on any atom is 0.434 e. The van der Waals surface area contributed by atoms with E-state index in [0.29, 0.717) is 15.7 Å². The Morgan fingerprint density at radius 3 is 2.68 bits per heavy atom. The molecule has 5 rings (SSSR count). The van der Waals surface area contributed by atoms with Crippen LogP contribution < -0.4 is 10.9 Å². The minimum absolute atomic E-state index is 0.000648. The number of amides is 1. The van der Waals surface area contributed by atoms with Gasteiger partial charge in [-0.05, 0) is 46.7 Å². The van der Waals surface area contributed by atoms with Crippen LogP contribution in [0.25, 0.3) is 27.5 Å². The number of nitrogens with one attached hydrogen (secondary N) is 2. The third-order valence-electron chi connectivity index (χ3n) is 5.02. The van der Waals surface area contributed by atoms with Gasteiger partial charge in [-0.3, -0.25) is 9.59 Å². The van der Waals surface area contributed by atoms with Crippen LogP contribution >= 0.6 is 0 Å². The van der Waals surface area contributed by atoms with E-state index in [1.165, 1.54) is 36.5 Å². The number of carbonyl (C=O) groups excluding carboxylic acids is 1. The van der Waals surface area contributed by atoms with E-state index in [4.69, 9.17) is 0 Å². The second kappa shape index (κ2) is 7.55. The average Bonchev–Trinajstić information content (AvgIpc) is 3.45. The molecular weight excluding hydrogens is 455 g/mol. The van der Waals surface area contributed by atoms with Crippen LogP contribution in [0.2, 0.25) is 0 Å². The molecule has 0 aliphatic heterocycles. The molecule has 3 aromatic heterocycles. The number of hydrogen-bond acceptors (Lipinski definition) is 7. The molecule has 0 unspecified atom stereocenters. The number of H-pyrrole nitrogens is 1. The highest BCUT2D eigenvalue weighted by atomic mass is 19.4. The fourth-order valence-electron chi connectivity index (χ4n) is 3.55. The zero-order valence-corrected chi connectivity index (χ0v) is 16.7. The van der Waals surface area contributed by atoms with Crippen molar-refractivity contribution in [2.45, 2.75) is 6.18 Å². The van der Waals surface area contributed by atoms with Crippen molar-refractivity contribution >= 4 is 33.4 Å². The standard InChI is InChI=1S/C21H10F3N7O3/c22-21(23,24)18-14(20(33)28-11-1-2-15-16(7-11)30-34-29-15)9-27-31(18)17-6-10(8-25)5-13-12(17)3-4-26-19(13)32/h1-7,9H,(H,26,32)(H,28,33). The van der Waals surface area contributed by atoms with Crippen molar-refractivity contribution in [1.82, 2.24) is 25.1 Å². The SMILES string of the molecule is N#Cc1cc(-n2ncc(C(=O)Nc3ccc4nonc4c3)c2C(F)(F)F)c2cc[nH]c(=O)c2c1. The summed E-state index contributed by atoms with van der Waals surface area (Å²) in [4.78, 5) is 27.4. The third-order valence-corrected chi connectivity index (χ3v) is 5.02. The molecule has 0 bridgehead atoms. The quantitative estimate of drug-likeness (QED) is 0.416. The molecule has 0 saturated heterocycles. The summed E-state index contributed by atoms with van der Waals surface area (Å²) in [5, 5.41) is 22.8. The minimum Gasteiger partial charge on any atom is -0.329 e. The fraction of sp³-hybridized carbons (Fsp3) is 0.0476. The highest BCUT2D eigenvalue weighted by Crippen LogP contribution is 2.35. The van der Waals surface area contributed by atoms with Gasteiger partial charge in [0.2, 0.25) is 0 Å². The van der Waals surface area contributed by atoms with Crippen molar-refractivity contribution in [1.29, 1.82) is 5.26 Å². The third kappa shape index (κ3) is 3.43. The molecule has 0 radical (unpaired) electrons. The molecule has 13 heteroatoms. The summed E-state index contributed by atoms with van der Waals surface area (Å²) in [6.07, 6.45) is -2.97. The van der Waals surface area contributed by atoms with Gasteiger partial charge in [0, 0.05) is 17.3 Å². The number of aromatic nitrogens is 5. The van der Waals surface area contributed by atoms with Gasteiger partial charge in [-0.25, -0.2) is 9.31 Å². The van der Waals surface area contributed by atoms with Crippen molar-refractivity contribution < 1.29 is 22.6 Å². The lowest BCUT2D eigenvalue weighted by Crippen LogP contribution is -2.21. The van der Waals surface area contributed by atoms with Crippen LogP contribution in [0, 0.1) is 11.3 Å². The molecule has 0 aliphatic rings. The van der Waals surface area contributed by atoms with Crippen LogP contribution in [-0.4, -0.2) is 31.0 Å². The Morgan fingerprint density at radius 1 is 1.12 bits per heavy atom. The number of nitrogens with zero attached hydrogens (tertiary/aromatic N) is 5. The number of benzene rings is 2. The van der Waals surface area contributed by atoms with E-state index >= 15 is 0 Å². The lowest BCUT2D eigenvalue weighted by atomic mass is 10.1. The number of aromatic amines is 1. The Hall–Kier alpha value is -4.99. The van der Waals surface area contributed by atoms with Crippen molar-refractivity contribution in [3.05, 3.63) is 76.0 Å². The zero-order chi connectivity index (χ0) is 24.0. The Bertz CT molecular complexity index is 1690. The summed E-state index contributed by atoms with van der Waals surface area (Å²) >= 11 is 0. The number of pyridine rings is 1. The second-order valence-electron chi connectivity index (χ2n) is 7.11. The highest BCUT2D eigenvalue weighted by Gasteiger charge is 2.41. The predicted octanol–water partition coefficient (Wildman–Crippen LogP) is 3.39. The highest BCUT2D eigenvalue weighted by molar-refractivity contribution is 6.06. The molecule has 0 atom stereocenters. The molecule has 3 heterocycles. The number of nitriles is 1. The van der Waals surface area contributed by atoms with Gasteiger partial charge in [-0.15, -0.1) is 0 Å². The van der Waals surface area contributed by atoms with Gasteiger partial charge in [-0.2, -0.15) is 23.5 Å². The van der Waals surface area contributed by atoms with Crippen LogP contribution in [0.3, 0.4) is 0 Å². The Kier molecular flexibility index (Phi) is 4.64. The fourth-order valence-corrected chi connectivity index (χ4v) is 3.55. The molecule has 2 aromatic carbocycles. The van der Waals surface area contributed by atoms with Gasteiger partial charge in [0.1, 0.15) is 11.0 Å². The lowest BCUT2D eigenvalue weighted by molar-refractivity contribution is -0.143. The largest absolute Gasteiger partial charge is 0.434 e. The molecule has 10 nitrogen and oxygen atoms in total. The smallest absolute Gasteiger partial charge is 0.329 e. The number of fused-ring (bicyclic) bond motifs is 2. The molecular formula is C21H10F3N7O3. The van der Waals surface area contributed by atoms with Gasteiger partial charge >= 0.3 is 6.18 Å². The molecule has 5 aromatic rings. The van der Waals surface area contributed by atoms with Crippen LogP contribution in [0.4, 0.5) is 18.9 Å². The summed E-state index contributed by atoms with van der Waals surface area (Å²) in [6.45, 7) is 0. The van der Waals surface area contributed by atoms with Gasteiger partial charge in [0.15, 0.2) is 5.69 Å². The molecule has 0 aliphatic carbocycles. The Balaban J connectivity index is 1.66. The lowest BCUT2D eigenvalue weighted by Gasteiger charge is -2.14. The number of carbonyl (C=O) groups is 1. The second-order valence-corrected chi connectivity index (χ2v) is 7.11. The van der Waals surface area contributed by atoms with Crippen LogP contribution in [0.1, 0.15) is 21.6 Å². The summed E-state index contributed by atoms with van der Waals surface area (Å²) in [5.41, 5.74) is -2.08. The monoisotopic (exact) mass is 465 g/mol. The predicted molar refractivity (Wildman–Crippen MR) is 111 cm³/mol. The van der Waals surface area contributed by atoms with Gasteiger partial charge in [0.25, 0.3) is 11.5 Å². The van der Waals surface area contributed by atoms with E-state index < -0.39 is 28.9 Å². The van der Waals surface area contributed by atoms with Crippen molar-refractivity contribution in [2.75, 3.05) is 5.32 Å². The molecule has 0 saturated carbocycles. The van der Waals surface area contributed by atoms with Crippen LogP contribution in [0.15, 0.2) is 58.2 Å². The maximum atomic E-state index is 14.2. The van der Waals surface area contributed by atoms with E-state index in [1.807, 2.05) is 6.07 Å². The number of alkyl halides is 3. The van der Waals surface area contributed by atoms with E-state index in [0.717, 1.165) is 12.3 Å². The molecule has 0 spiro atoms. The average molecular weight is 465 g/mol. The molecule has 1 amide bonds. The topological polar surface area (TPSA) is 142 Å². The van der Waals surface area contributed by atoms with E-state index in [-0.39, 0.29) is 27.7 Å². The molecule has 2 N–H and O–H groups in total. The summed E-state index contributed by atoms with van der Waals surface area (Å²) in [7, 11) is 0. The van der Waals surface area contributed by atoms with Gasteiger partial charge in [0.05, 0.1) is 34.5 Å². The summed E-state index contributed by atoms with van der Waals surface area (Å²) < 4.78 is 47.5. The van der Waals surface area contributed by atoms with Crippen LogP contribution in [-0.2, 0) is 6.18 Å². The zero-order valence-electron chi connectivity index (χ0n) is 16.7. The first-order valence-electron chi connectivity index (χ1n) is 9.51. The number of rotatable bonds is 3. The Labute approximate surface area is 186 Å². The Morgan fingerprint density at radius 2 is 1.91 bits per heavy atom. The normalized spacial score (nSPS) is 11.6. The maximum absolute atomic E-state index is 14.2. The van der Waals surface area contributed by atoms with E-state index in [2.05, 4.69) is 30.3 Å². The molecule has 34 heavy (non-hydrogen) atoms. The molecule has 168 valence electrons. The van der Waals surface area contributed by atoms with Crippen molar-refractivity contribution in [3.8, 4) is 11.8 Å². The van der Waals surface area contributed by atoms with Crippen LogP contribution in [0.5, 0.6) is 0 Å². The first kappa shape index (κ1) is 20.9. The number of anilines is 1. The molecule has 0 fully saturated rings. The van der Waals surface area contributed by atoms with Gasteiger partial charge < -0.3 is 10.3 Å². The van der Waals surface area contributed by atoms with E-state index in [1.54, 1.807) is 0 Å². The first-order valence-corrected chi connectivity index (χ1v) is 9.51. The summed E-state index contributed by atoms with van der Waals surface area (Å²) in [6, 6.07) is 9.92. The number of hydrogen-bond donors (Lipinski definition) is 2. The van der Waals surface area contributed by atoms with Crippen molar-refractivity contribution in [2.24, 2.45) is 0 Å². The summed E-state index contributed by atoms with van der Waals surface area (Å²) in [5.74, 6) is -1.08. The van der Waals surface area contributed by atoms with E-state index in [9.17, 15) is 28.0 Å². The first-order chi connectivity index (χ1) is 16.3. The van der Waals surface area contributed by atoms with Gasteiger partial charge in [-0.1, -0.05) is 0 Å².